The number of Topliss-reactive ketones (excluding diaryl/α,β-unsaturated/α-hetero) is 1. The summed E-state index contributed by atoms with van der Waals surface area (Å²) in [5.41, 5.74) is 6.18. The third-order valence-corrected chi connectivity index (χ3v) is 4.63. The number of esters is 1. The van der Waals surface area contributed by atoms with Crippen LogP contribution >= 0.6 is 0 Å². The number of anilines is 1. The second-order valence-electron chi connectivity index (χ2n) is 6.90. The van der Waals surface area contributed by atoms with Crippen LogP contribution in [-0.2, 0) is 14.3 Å². The molecule has 0 amide bonds. The van der Waals surface area contributed by atoms with Crippen LogP contribution in [0, 0.1) is 20.8 Å². The van der Waals surface area contributed by atoms with E-state index in [1.807, 2.05) is 68.1 Å². The zero-order valence-electron chi connectivity index (χ0n) is 16.3. The second-order valence-corrected chi connectivity index (χ2v) is 6.90. The SMILES string of the molecule is COC(=O)C1=C(C)N(c2cc(C)cc(C)c2)/C(=C/c2ccc(C)cc2)C1=O. The third-order valence-electron chi connectivity index (χ3n) is 4.63. The van der Waals surface area contributed by atoms with E-state index in [-0.39, 0.29) is 11.4 Å². The van der Waals surface area contributed by atoms with E-state index in [2.05, 4.69) is 6.07 Å². The molecule has 0 bridgehead atoms. The van der Waals surface area contributed by atoms with Gasteiger partial charge in [-0.1, -0.05) is 35.9 Å². The van der Waals surface area contributed by atoms with Crippen LogP contribution in [0.1, 0.15) is 29.2 Å². The lowest BCUT2D eigenvalue weighted by Crippen LogP contribution is -2.18. The lowest BCUT2D eigenvalue weighted by Gasteiger charge is -2.22. The summed E-state index contributed by atoms with van der Waals surface area (Å²) in [5.74, 6) is -0.932. The van der Waals surface area contributed by atoms with Gasteiger partial charge in [0.2, 0.25) is 5.78 Å². The lowest BCUT2D eigenvalue weighted by molar-refractivity contribution is -0.137. The minimum atomic E-state index is -0.612. The Hall–Kier alpha value is -3.14. The van der Waals surface area contributed by atoms with Gasteiger partial charge in [-0.25, -0.2) is 4.79 Å². The zero-order chi connectivity index (χ0) is 19.7. The molecule has 0 N–H and O–H groups in total. The van der Waals surface area contributed by atoms with Crippen molar-refractivity contribution in [1.82, 2.24) is 0 Å². The number of nitrogens with zero attached hydrogens (tertiary/aromatic N) is 1. The van der Waals surface area contributed by atoms with Crippen LogP contribution < -0.4 is 4.90 Å². The number of allylic oxidation sites excluding steroid dienone is 2. The van der Waals surface area contributed by atoms with Crippen LogP contribution in [0.5, 0.6) is 0 Å². The maximum absolute atomic E-state index is 13.1. The molecule has 27 heavy (non-hydrogen) atoms. The van der Waals surface area contributed by atoms with Crippen molar-refractivity contribution in [2.45, 2.75) is 27.7 Å². The highest BCUT2D eigenvalue weighted by Gasteiger charge is 2.38. The average molecular weight is 361 g/mol. The number of rotatable bonds is 3. The zero-order valence-corrected chi connectivity index (χ0v) is 16.3. The van der Waals surface area contributed by atoms with Crippen LogP contribution in [-0.4, -0.2) is 18.9 Å². The summed E-state index contributed by atoms with van der Waals surface area (Å²) in [4.78, 5) is 27.1. The predicted molar refractivity (Wildman–Crippen MR) is 107 cm³/mol. The van der Waals surface area contributed by atoms with Crippen molar-refractivity contribution in [3.8, 4) is 0 Å². The van der Waals surface area contributed by atoms with Crippen LogP contribution in [0.2, 0.25) is 0 Å². The van der Waals surface area contributed by atoms with Gasteiger partial charge in [0.05, 0.1) is 12.8 Å². The Kier molecular flexibility index (Phi) is 5.00. The molecule has 1 heterocycles. The molecule has 0 spiro atoms. The molecule has 4 nitrogen and oxygen atoms in total. The first kappa shape index (κ1) is 18.6. The Balaban J connectivity index is 2.19. The molecule has 3 rings (SSSR count). The number of methoxy groups -OCH3 is 1. The quantitative estimate of drug-likeness (QED) is 0.459. The van der Waals surface area contributed by atoms with Crippen molar-refractivity contribution in [2.75, 3.05) is 12.0 Å². The number of hydrogen-bond donors (Lipinski definition) is 0. The van der Waals surface area contributed by atoms with E-state index in [4.69, 9.17) is 4.74 Å². The van der Waals surface area contributed by atoms with Crippen molar-refractivity contribution in [3.63, 3.8) is 0 Å². The van der Waals surface area contributed by atoms with Crippen LogP contribution in [0.15, 0.2) is 59.4 Å². The van der Waals surface area contributed by atoms with Crippen molar-refractivity contribution in [1.29, 1.82) is 0 Å². The van der Waals surface area contributed by atoms with E-state index in [9.17, 15) is 9.59 Å². The van der Waals surface area contributed by atoms with Gasteiger partial charge in [0.25, 0.3) is 0 Å². The molecule has 0 aromatic heterocycles. The van der Waals surface area contributed by atoms with E-state index in [1.165, 1.54) is 7.11 Å². The Morgan fingerprint density at radius 1 is 0.926 bits per heavy atom. The van der Waals surface area contributed by atoms with Gasteiger partial charge in [-0.05, 0) is 62.6 Å². The van der Waals surface area contributed by atoms with E-state index in [0.717, 1.165) is 27.9 Å². The fourth-order valence-electron chi connectivity index (χ4n) is 3.39. The summed E-state index contributed by atoms with van der Waals surface area (Å²) in [6.07, 6.45) is 1.82. The van der Waals surface area contributed by atoms with Crippen LogP contribution in [0.4, 0.5) is 5.69 Å². The summed E-state index contributed by atoms with van der Waals surface area (Å²) >= 11 is 0. The Morgan fingerprint density at radius 3 is 2.07 bits per heavy atom. The third kappa shape index (κ3) is 3.56. The average Bonchev–Trinajstić information content (AvgIpc) is 2.85. The van der Waals surface area contributed by atoms with E-state index in [1.54, 1.807) is 6.92 Å². The summed E-state index contributed by atoms with van der Waals surface area (Å²) in [6, 6.07) is 14.0. The maximum atomic E-state index is 13.1. The summed E-state index contributed by atoms with van der Waals surface area (Å²) in [6.45, 7) is 7.81. The van der Waals surface area contributed by atoms with Crippen molar-refractivity contribution < 1.29 is 14.3 Å². The number of hydrogen-bond acceptors (Lipinski definition) is 4. The number of carbonyl (C=O) groups excluding carboxylic acids is 2. The van der Waals surface area contributed by atoms with Crippen molar-refractivity contribution in [3.05, 3.63) is 81.7 Å². The standard InChI is InChI=1S/C23H23NO3/c1-14-6-8-18(9-7-14)13-20-22(25)21(23(26)27-5)17(4)24(20)19-11-15(2)10-16(3)12-19/h6-13H,1-5H3/b20-13+. The minimum Gasteiger partial charge on any atom is -0.465 e. The molecule has 1 aliphatic rings. The van der Waals surface area contributed by atoms with Crippen LogP contribution in [0.3, 0.4) is 0 Å². The molecule has 0 saturated carbocycles. The van der Waals surface area contributed by atoms with Gasteiger partial charge in [-0.15, -0.1) is 0 Å². The maximum Gasteiger partial charge on any atom is 0.343 e. The first-order chi connectivity index (χ1) is 12.8. The molecule has 4 heteroatoms. The highest BCUT2D eigenvalue weighted by molar-refractivity contribution is 6.30. The summed E-state index contributed by atoms with van der Waals surface area (Å²) in [5, 5.41) is 0. The molecule has 138 valence electrons. The summed E-state index contributed by atoms with van der Waals surface area (Å²) < 4.78 is 4.85. The smallest absolute Gasteiger partial charge is 0.343 e. The topological polar surface area (TPSA) is 46.6 Å². The number of aryl methyl sites for hydroxylation is 3. The number of carbonyl (C=O) groups is 2. The molecule has 0 radical (unpaired) electrons. The number of ether oxygens (including phenoxy) is 1. The second kappa shape index (κ2) is 7.23. The van der Waals surface area contributed by atoms with Gasteiger partial charge in [0.15, 0.2) is 0 Å². The van der Waals surface area contributed by atoms with Gasteiger partial charge >= 0.3 is 5.97 Å². The van der Waals surface area contributed by atoms with Crippen LogP contribution in [0.25, 0.3) is 6.08 Å². The van der Waals surface area contributed by atoms with E-state index < -0.39 is 5.97 Å². The summed E-state index contributed by atoms with van der Waals surface area (Å²) in [7, 11) is 1.29. The van der Waals surface area contributed by atoms with E-state index >= 15 is 0 Å². The van der Waals surface area contributed by atoms with Gasteiger partial charge in [-0.2, -0.15) is 0 Å². The molecule has 0 unspecified atom stereocenters. The van der Waals surface area contributed by atoms with Crippen molar-refractivity contribution >= 4 is 23.5 Å². The van der Waals surface area contributed by atoms with Crippen molar-refractivity contribution in [2.24, 2.45) is 0 Å². The van der Waals surface area contributed by atoms with Gasteiger partial charge in [0, 0.05) is 11.4 Å². The molecule has 2 aromatic carbocycles. The Labute approximate surface area is 159 Å². The van der Waals surface area contributed by atoms with E-state index in [0.29, 0.717) is 11.4 Å². The normalized spacial score (nSPS) is 15.7. The van der Waals surface area contributed by atoms with Gasteiger partial charge in [0.1, 0.15) is 5.57 Å². The predicted octanol–water partition coefficient (Wildman–Crippen LogP) is 4.49. The Morgan fingerprint density at radius 2 is 1.52 bits per heavy atom. The Bertz CT molecular complexity index is 961. The molecular formula is C23H23NO3. The molecule has 0 aliphatic carbocycles. The highest BCUT2D eigenvalue weighted by Crippen LogP contribution is 2.36. The fourth-order valence-corrected chi connectivity index (χ4v) is 3.39. The first-order valence-electron chi connectivity index (χ1n) is 8.82. The lowest BCUT2D eigenvalue weighted by atomic mass is 10.1. The highest BCUT2D eigenvalue weighted by atomic mass is 16.5. The minimum absolute atomic E-state index is 0.0787. The molecule has 0 fully saturated rings. The largest absolute Gasteiger partial charge is 0.465 e. The first-order valence-corrected chi connectivity index (χ1v) is 8.82. The molecular weight excluding hydrogens is 338 g/mol. The monoisotopic (exact) mass is 361 g/mol. The number of benzene rings is 2. The molecule has 1 aliphatic heterocycles. The molecule has 2 aromatic rings. The van der Waals surface area contributed by atoms with Gasteiger partial charge < -0.3 is 9.64 Å². The number of ketones is 1. The fraction of sp³-hybridized carbons (Fsp3) is 0.217. The molecule has 0 saturated heterocycles. The molecule has 0 atom stereocenters. The van der Waals surface area contributed by atoms with Gasteiger partial charge in [-0.3, -0.25) is 4.79 Å².